The lowest BCUT2D eigenvalue weighted by molar-refractivity contribution is -0.112. The number of aromatic nitrogens is 2. The molecule has 1 aromatic heterocycles. The molecule has 4 aliphatic rings. The molecule has 2 heteroatoms. The lowest BCUT2D eigenvalue weighted by atomic mass is 9.44. The summed E-state index contributed by atoms with van der Waals surface area (Å²) < 4.78 is 2.09. The molecule has 5 rings (SSSR count). The van der Waals surface area contributed by atoms with Gasteiger partial charge < -0.3 is 0 Å². The second kappa shape index (κ2) is 13.9. The maximum Gasteiger partial charge on any atom is 0.0646 e. The number of rotatable bonds is 4. The first-order chi connectivity index (χ1) is 16.6. The van der Waals surface area contributed by atoms with Gasteiger partial charge in [-0.25, -0.2) is 0 Å². The van der Waals surface area contributed by atoms with Crippen LogP contribution in [0.5, 0.6) is 0 Å². The van der Waals surface area contributed by atoms with Crippen molar-refractivity contribution in [2.75, 3.05) is 0 Å². The molecule has 4 fully saturated rings. The largest absolute Gasteiger partial charge is 0.271 e. The Morgan fingerprint density at radius 2 is 1.74 bits per heavy atom. The van der Waals surface area contributed by atoms with Crippen LogP contribution in [0.25, 0.3) is 0 Å². The van der Waals surface area contributed by atoms with Gasteiger partial charge in [-0.2, -0.15) is 5.10 Å². The summed E-state index contributed by atoms with van der Waals surface area (Å²) in [6, 6.07) is 0. The summed E-state index contributed by atoms with van der Waals surface area (Å²) in [5.41, 5.74) is 1.48. The van der Waals surface area contributed by atoms with Crippen molar-refractivity contribution in [2.45, 2.75) is 133 Å². The Morgan fingerprint density at radius 1 is 1.00 bits per heavy atom. The maximum absolute atomic E-state index is 5.53. The Bertz CT molecular complexity index is 772. The molecule has 1 heterocycles. The molecular formula is C33H58N2. The molecule has 1 aromatic rings. The summed E-state index contributed by atoms with van der Waals surface area (Å²) in [6.45, 7) is 14.1. The average molecular weight is 483 g/mol. The zero-order valence-corrected chi connectivity index (χ0v) is 23.4. The second-order valence-corrected chi connectivity index (χ2v) is 11.6. The van der Waals surface area contributed by atoms with Crippen LogP contribution < -0.4 is 0 Å². The molecule has 0 radical (unpaired) electrons. The molecule has 35 heavy (non-hydrogen) atoms. The van der Waals surface area contributed by atoms with Crippen LogP contribution in [-0.2, 0) is 6.54 Å². The van der Waals surface area contributed by atoms with Crippen LogP contribution in [0.1, 0.15) is 132 Å². The van der Waals surface area contributed by atoms with E-state index in [2.05, 4.69) is 29.5 Å². The molecule has 4 saturated carbocycles. The van der Waals surface area contributed by atoms with Crippen molar-refractivity contribution in [2.24, 2.45) is 46.8 Å². The lowest BCUT2D eigenvalue weighted by Crippen LogP contribution is -2.52. The zero-order chi connectivity index (χ0) is 24.7. The SMILES string of the molecule is C.C#Cc1cnn(CCC2CCCC3C4CCC5CC(CC)CCC5C4CCC23C)c1.CC.CC. The molecule has 0 aliphatic heterocycles. The topological polar surface area (TPSA) is 17.8 Å². The molecule has 4 aliphatic carbocycles. The molecule has 0 saturated heterocycles. The van der Waals surface area contributed by atoms with Crippen molar-refractivity contribution in [3.8, 4) is 12.3 Å². The van der Waals surface area contributed by atoms with Crippen molar-refractivity contribution in [3.63, 3.8) is 0 Å². The third kappa shape index (κ3) is 6.19. The quantitative estimate of drug-likeness (QED) is 0.390. The third-order valence-corrected chi connectivity index (χ3v) is 10.6. The Hall–Kier alpha value is -1.23. The molecule has 0 N–H and O–H groups in total. The molecule has 0 amide bonds. The normalized spacial score (nSPS) is 37.3. The van der Waals surface area contributed by atoms with Crippen LogP contribution >= 0.6 is 0 Å². The van der Waals surface area contributed by atoms with Crippen molar-refractivity contribution >= 4 is 0 Å². The zero-order valence-electron chi connectivity index (χ0n) is 23.4. The molecule has 8 unspecified atom stereocenters. The minimum atomic E-state index is 0. The fraction of sp³-hybridized carbons (Fsp3) is 0.848. The van der Waals surface area contributed by atoms with Crippen LogP contribution in [0.2, 0.25) is 0 Å². The first-order valence-corrected chi connectivity index (χ1v) is 15.1. The smallest absolute Gasteiger partial charge is 0.0646 e. The monoisotopic (exact) mass is 482 g/mol. The van der Waals surface area contributed by atoms with Gasteiger partial charge in [0.2, 0.25) is 0 Å². The van der Waals surface area contributed by atoms with Crippen molar-refractivity contribution in [1.29, 1.82) is 0 Å². The highest BCUT2D eigenvalue weighted by Crippen LogP contribution is 2.63. The van der Waals surface area contributed by atoms with Crippen molar-refractivity contribution in [3.05, 3.63) is 18.0 Å². The first-order valence-electron chi connectivity index (χ1n) is 15.1. The molecule has 0 bridgehead atoms. The van der Waals surface area contributed by atoms with E-state index in [9.17, 15) is 0 Å². The highest BCUT2D eigenvalue weighted by atomic mass is 15.3. The molecule has 8 atom stereocenters. The second-order valence-electron chi connectivity index (χ2n) is 11.6. The van der Waals surface area contributed by atoms with Gasteiger partial charge in [-0.3, -0.25) is 4.68 Å². The Kier molecular flexibility index (Phi) is 11.9. The molecule has 0 spiro atoms. The Balaban J connectivity index is 0.000000823. The number of fused-ring (bicyclic) bond motifs is 5. The number of nitrogens with zero attached hydrogens (tertiary/aromatic N) is 2. The van der Waals surface area contributed by atoms with Gasteiger partial charge in [0.15, 0.2) is 0 Å². The summed E-state index contributed by atoms with van der Waals surface area (Å²) in [5.74, 6) is 9.83. The summed E-state index contributed by atoms with van der Waals surface area (Å²) in [4.78, 5) is 0. The predicted octanol–water partition coefficient (Wildman–Crippen LogP) is 9.63. The first kappa shape index (κ1) is 30.0. The fourth-order valence-corrected chi connectivity index (χ4v) is 8.96. The van der Waals surface area contributed by atoms with E-state index in [1.54, 1.807) is 25.7 Å². The van der Waals surface area contributed by atoms with E-state index in [1.807, 2.05) is 40.1 Å². The van der Waals surface area contributed by atoms with Crippen molar-refractivity contribution in [1.82, 2.24) is 9.78 Å². The van der Waals surface area contributed by atoms with E-state index in [0.29, 0.717) is 5.41 Å². The number of aryl methyl sites for hydroxylation is 1. The van der Waals surface area contributed by atoms with Crippen LogP contribution in [0, 0.1) is 59.2 Å². The van der Waals surface area contributed by atoms with E-state index >= 15 is 0 Å². The van der Waals surface area contributed by atoms with Gasteiger partial charge in [0.1, 0.15) is 0 Å². The standard InChI is InChI=1S/C28H42N2.2C2H6.CH4/c1-4-20-9-11-24-22(17-20)10-12-26-25(24)13-15-28(3)23(7-6-8-27(26)28)14-16-30-19-21(5-2)18-29-30;2*1-2;/h2,18-20,22-27H,4,6-17H2,1,3H3;2*1-2H3;1H4. The summed E-state index contributed by atoms with van der Waals surface area (Å²) in [5, 5.41) is 4.50. The minimum absolute atomic E-state index is 0. The lowest BCUT2D eigenvalue weighted by Gasteiger charge is -2.61. The number of hydrogen-bond donors (Lipinski definition) is 0. The molecular weight excluding hydrogens is 424 g/mol. The molecule has 200 valence electrons. The summed E-state index contributed by atoms with van der Waals surface area (Å²) in [6.07, 6.45) is 27.2. The summed E-state index contributed by atoms with van der Waals surface area (Å²) in [7, 11) is 0. The van der Waals surface area contributed by atoms with Gasteiger partial charge in [0.25, 0.3) is 0 Å². The third-order valence-electron chi connectivity index (χ3n) is 10.6. The van der Waals surface area contributed by atoms with Gasteiger partial charge in [0.05, 0.1) is 11.8 Å². The van der Waals surface area contributed by atoms with E-state index < -0.39 is 0 Å². The highest BCUT2D eigenvalue weighted by Gasteiger charge is 2.55. The van der Waals surface area contributed by atoms with E-state index in [0.717, 1.165) is 53.5 Å². The van der Waals surface area contributed by atoms with Crippen LogP contribution in [-0.4, -0.2) is 9.78 Å². The van der Waals surface area contributed by atoms with Gasteiger partial charge in [-0.05, 0) is 105 Å². The maximum atomic E-state index is 5.53. The average Bonchev–Trinajstić information content (AvgIpc) is 3.37. The van der Waals surface area contributed by atoms with Crippen molar-refractivity contribution < 1.29 is 0 Å². The van der Waals surface area contributed by atoms with E-state index in [1.165, 1.54) is 51.4 Å². The van der Waals surface area contributed by atoms with Crippen LogP contribution in [0.4, 0.5) is 0 Å². The van der Waals surface area contributed by atoms with Crippen LogP contribution in [0.3, 0.4) is 0 Å². The summed E-state index contributed by atoms with van der Waals surface area (Å²) >= 11 is 0. The van der Waals surface area contributed by atoms with E-state index in [-0.39, 0.29) is 7.43 Å². The Morgan fingerprint density at radius 3 is 2.43 bits per heavy atom. The molecule has 2 nitrogen and oxygen atoms in total. The number of terminal acetylenes is 1. The van der Waals surface area contributed by atoms with Gasteiger partial charge in [-0.15, -0.1) is 6.42 Å². The van der Waals surface area contributed by atoms with E-state index in [4.69, 9.17) is 6.42 Å². The fourth-order valence-electron chi connectivity index (χ4n) is 8.96. The van der Waals surface area contributed by atoms with Crippen LogP contribution in [0.15, 0.2) is 12.4 Å². The Labute approximate surface area is 219 Å². The highest BCUT2D eigenvalue weighted by molar-refractivity contribution is 5.26. The molecule has 0 aromatic carbocycles. The van der Waals surface area contributed by atoms with Gasteiger partial charge >= 0.3 is 0 Å². The predicted molar refractivity (Wildman–Crippen MR) is 153 cm³/mol. The minimum Gasteiger partial charge on any atom is -0.271 e. The number of hydrogen-bond acceptors (Lipinski definition) is 1. The van der Waals surface area contributed by atoms with Gasteiger partial charge in [-0.1, -0.05) is 74.2 Å². The van der Waals surface area contributed by atoms with Gasteiger partial charge in [0, 0.05) is 12.7 Å².